The Morgan fingerprint density at radius 2 is 1.67 bits per heavy atom. The number of hydrogen-bond acceptors (Lipinski definition) is 9. The molecule has 1 amide bonds. The fourth-order valence-electron chi connectivity index (χ4n) is 5.46. The highest BCUT2D eigenvalue weighted by molar-refractivity contribution is 8.00. The summed E-state index contributed by atoms with van der Waals surface area (Å²) in [5, 5.41) is 22.9. The summed E-state index contributed by atoms with van der Waals surface area (Å²) in [6.07, 6.45) is 0. The first kappa shape index (κ1) is 30.4. The first-order valence-corrected chi connectivity index (χ1v) is 16.2. The molecule has 228 valence electrons. The van der Waals surface area contributed by atoms with Crippen LogP contribution >= 0.6 is 23.1 Å². The molecular weight excluding hydrogens is 607 g/mol. The number of rotatable bonds is 9. The number of aliphatic hydroxyl groups is 1. The SMILES string of the molecule is COc1ccc(C(O)=C2C(=O)C(=O)N(c3nnc(SCc4cccc5ccccc45)s3)[C@@H]2c2ccc(C(C)C)cc2)cc1OC. The zero-order valence-corrected chi connectivity index (χ0v) is 26.8. The Labute approximate surface area is 269 Å². The Morgan fingerprint density at radius 1 is 0.933 bits per heavy atom. The number of methoxy groups -OCH3 is 2. The van der Waals surface area contributed by atoms with Gasteiger partial charge in [0, 0.05) is 11.3 Å². The van der Waals surface area contributed by atoms with Gasteiger partial charge in [0.25, 0.3) is 5.78 Å². The van der Waals surface area contributed by atoms with Gasteiger partial charge in [-0.25, -0.2) is 0 Å². The largest absolute Gasteiger partial charge is 0.507 e. The van der Waals surface area contributed by atoms with Gasteiger partial charge in [-0.2, -0.15) is 0 Å². The number of ether oxygens (including phenoxy) is 2. The number of Topliss-reactive ketones (excluding diaryl/α,β-unsaturated/α-hetero) is 1. The van der Waals surface area contributed by atoms with Crippen molar-refractivity contribution in [2.24, 2.45) is 0 Å². The van der Waals surface area contributed by atoms with Crippen LogP contribution < -0.4 is 14.4 Å². The topological polar surface area (TPSA) is 102 Å². The van der Waals surface area contributed by atoms with E-state index in [4.69, 9.17) is 9.47 Å². The first-order chi connectivity index (χ1) is 21.8. The Hall–Kier alpha value is -4.67. The summed E-state index contributed by atoms with van der Waals surface area (Å²) < 4.78 is 11.4. The lowest BCUT2D eigenvalue weighted by Crippen LogP contribution is -2.29. The average molecular weight is 638 g/mol. The average Bonchev–Trinajstić information content (AvgIpc) is 3.64. The maximum atomic E-state index is 13.7. The fourth-order valence-corrected chi connectivity index (χ4v) is 7.33. The number of thioether (sulfide) groups is 1. The highest BCUT2D eigenvalue weighted by Crippen LogP contribution is 2.45. The molecule has 5 aromatic rings. The predicted octanol–water partition coefficient (Wildman–Crippen LogP) is 7.75. The van der Waals surface area contributed by atoms with Crippen LogP contribution in [0.1, 0.15) is 48.1 Å². The molecule has 1 aliphatic heterocycles. The molecule has 0 spiro atoms. The normalized spacial score (nSPS) is 16.1. The Morgan fingerprint density at radius 3 is 2.40 bits per heavy atom. The molecule has 45 heavy (non-hydrogen) atoms. The number of carbonyl (C=O) groups is 2. The van der Waals surface area contributed by atoms with Gasteiger partial charge >= 0.3 is 5.91 Å². The molecule has 1 atom stereocenters. The molecular formula is C35H31N3O5S2. The number of carbonyl (C=O) groups excluding carboxylic acids is 2. The highest BCUT2D eigenvalue weighted by Gasteiger charge is 2.48. The van der Waals surface area contributed by atoms with Crippen molar-refractivity contribution in [1.82, 2.24) is 10.2 Å². The third-order valence-electron chi connectivity index (χ3n) is 7.85. The van der Waals surface area contributed by atoms with Gasteiger partial charge in [0.2, 0.25) is 5.13 Å². The van der Waals surface area contributed by atoms with Crippen LogP contribution in [0.2, 0.25) is 0 Å². The first-order valence-electron chi connectivity index (χ1n) is 14.4. The zero-order valence-electron chi connectivity index (χ0n) is 25.2. The van der Waals surface area contributed by atoms with Gasteiger partial charge in [-0.05, 0) is 51.6 Å². The summed E-state index contributed by atoms with van der Waals surface area (Å²) in [5.74, 6) is -0.0966. The number of benzene rings is 4. The Kier molecular flexibility index (Phi) is 8.60. The van der Waals surface area contributed by atoms with E-state index < -0.39 is 17.7 Å². The van der Waals surface area contributed by atoms with Crippen LogP contribution in [-0.2, 0) is 15.3 Å². The molecule has 10 heteroatoms. The summed E-state index contributed by atoms with van der Waals surface area (Å²) >= 11 is 2.76. The van der Waals surface area contributed by atoms with E-state index in [1.807, 2.05) is 42.5 Å². The molecule has 1 N–H and O–H groups in total. The summed E-state index contributed by atoms with van der Waals surface area (Å²) in [6.45, 7) is 4.19. The number of hydrogen-bond donors (Lipinski definition) is 1. The quantitative estimate of drug-likeness (QED) is 0.0576. The summed E-state index contributed by atoms with van der Waals surface area (Å²) in [7, 11) is 3.00. The minimum atomic E-state index is -0.914. The van der Waals surface area contributed by atoms with E-state index >= 15 is 0 Å². The van der Waals surface area contributed by atoms with Crippen molar-refractivity contribution < 1.29 is 24.2 Å². The molecule has 0 saturated carbocycles. The number of amides is 1. The molecule has 2 heterocycles. The molecule has 1 fully saturated rings. The Bertz CT molecular complexity index is 1930. The van der Waals surface area contributed by atoms with Crippen molar-refractivity contribution in [1.29, 1.82) is 0 Å². The third kappa shape index (κ3) is 5.79. The van der Waals surface area contributed by atoms with Gasteiger partial charge in [-0.15, -0.1) is 10.2 Å². The monoisotopic (exact) mass is 637 g/mol. The molecule has 1 aromatic heterocycles. The van der Waals surface area contributed by atoms with E-state index in [2.05, 4.69) is 48.3 Å². The van der Waals surface area contributed by atoms with Gasteiger partial charge < -0.3 is 14.6 Å². The second kappa shape index (κ2) is 12.7. The van der Waals surface area contributed by atoms with E-state index in [9.17, 15) is 14.7 Å². The number of aromatic nitrogens is 2. The second-order valence-corrected chi connectivity index (χ2v) is 13.0. The predicted molar refractivity (Wildman–Crippen MR) is 178 cm³/mol. The van der Waals surface area contributed by atoms with Crippen LogP contribution in [-0.4, -0.2) is 41.2 Å². The van der Waals surface area contributed by atoms with Crippen molar-refractivity contribution in [3.05, 3.63) is 113 Å². The van der Waals surface area contributed by atoms with Crippen LogP contribution in [0, 0.1) is 0 Å². The van der Waals surface area contributed by atoms with Gasteiger partial charge in [-0.1, -0.05) is 104 Å². The maximum absolute atomic E-state index is 13.7. The smallest absolute Gasteiger partial charge is 0.301 e. The number of aliphatic hydroxyl groups excluding tert-OH is 1. The molecule has 0 radical (unpaired) electrons. The lowest BCUT2D eigenvalue weighted by molar-refractivity contribution is -0.132. The molecule has 4 aromatic carbocycles. The molecule has 0 unspecified atom stereocenters. The molecule has 0 aliphatic carbocycles. The van der Waals surface area contributed by atoms with Gasteiger partial charge in [0.1, 0.15) is 5.76 Å². The summed E-state index contributed by atoms with van der Waals surface area (Å²) in [4.78, 5) is 28.7. The standard InChI is InChI=1S/C35H31N3O5S2/c1-20(2)21-12-14-23(15-13-21)30-29(31(39)24-16-17-27(42-3)28(18-24)43-4)32(40)33(41)38(30)34-36-37-35(45-34)44-19-25-10-7-9-22-8-5-6-11-26(22)25/h5-18,20,30,39H,19H2,1-4H3/t30-/m1/s1. The lowest BCUT2D eigenvalue weighted by Gasteiger charge is -2.23. The fraction of sp³-hybridized carbons (Fsp3) is 0.200. The molecule has 0 bridgehead atoms. The van der Waals surface area contributed by atoms with E-state index in [0.29, 0.717) is 38.6 Å². The van der Waals surface area contributed by atoms with Gasteiger partial charge in [0.05, 0.1) is 25.8 Å². The van der Waals surface area contributed by atoms with Crippen molar-refractivity contribution in [2.45, 2.75) is 35.9 Å². The van der Waals surface area contributed by atoms with Crippen molar-refractivity contribution in [2.75, 3.05) is 19.1 Å². The van der Waals surface area contributed by atoms with Gasteiger partial charge in [-0.3, -0.25) is 14.5 Å². The van der Waals surface area contributed by atoms with Crippen LogP contribution in [0.4, 0.5) is 5.13 Å². The maximum Gasteiger partial charge on any atom is 0.301 e. The van der Waals surface area contributed by atoms with E-state index in [1.165, 1.54) is 47.6 Å². The summed E-state index contributed by atoms with van der Waals surface area (Å²) in [6, 6.07) is 26.1. The molecule has 8 nitrogen and oxygen atoms in total. The molecule has 1 aliphatic rings. The van der Waals surface area contributed by atoms with Gasteiger partial charge in [0.15, 0.2) is 15.8 Å². The third-order valence-corrected chi connectivity index (χ3v) is 9.96. The highest BCUT2D eigenvalue weighted by atomic mass is 32.2. The van der Waals surface area contributed by atoms with Crippen LogP contribution in [0.15, 0.2) is 94.8 Å². The van der Waals surface area contributed by atoms with Crippen LogP contribution in [0.25, 0.3) is 16.5 Å². The minimum Gasteiger partial charge on any atom is -0.507 e. The number of anilines is 1. The second-order valence-electron chi connectivity index (χ2n) is 10.8. The minimum absolute atomic E-state index is 0.0373. The zero-order chi connectivity index (χ0) is 31.7. The van der Waals surface area contributed by atoms with E-state index in [0.717, 1.165) is 16.5 Å². The van der Waals surface area contributed by atoms with Crippen molar-refractivity contribution in [3.8, 4) is 11.5 Å². The van der Waals surface area contributed by atoms with Crippen molar-refractivity contribution >= 4 is 56.5 Å². The lowest BCUT2D eigenvalue weighted by atomic mass is 9.93. The number of nitrogens with zero attached hydrogens (tertiary/aromatic N) is 3. The number of fused-ring (bicyclic) bond motifs is 1. The molecule has 6 rings (SSSR count). The van der Waals surface area contributed by atoms with Crippen LogP contribution in [0.5, 0.6) is 11.5 Å². The van der Waals surface area contributed by atoms with Crippen molar-refractivity contribution in [3.63, 3.8) is 0 Å². The Balaban J connectivity index is 1.39. The van der Waals surface area contributed by atoms with E-state index in [1.54, 1.807) is 18.2 Å². The molecule has 1 saturated heterocycles. The number of ketones is 1. The van der Waals surface area contributed by atoms with Crippen LogP contribution in [0.3, 0.4) is 0 Å². The van der Waals surface area contributed by atoms with E-state index in [-0.39, 0.29) is 16.5 Å². The summed E-state index contributed by atoms with van der Waals surface area (Å²) in [5.41, 5.74) is 3.22.